The zero-order valence-corrected chi connectivity index (χ0v) is 16.1. The van der Waals surface area contributed by atoms with Crippen LogP contribution in [-0.2, 0) is 11.8 Å². The van der Waals surface area contributed by atoms with Gasteiger partial charge in [0.2, 0.25) is 5.91 Å². The SMILES string of the molecule is COc1cccc(N2C(=O)CN(C(=O)c3nc4ccccc4n3C)CC2C)c1. The summed E-state index contributed by atoms with van der Waals surface area (Å²) in [5.41, 5.74) is 2.43. The Hall–Kier alpha value is -3.35. The summed E-state index contributed by atoms with van der Waals surface area (Å²) in [4.78, 5) is 33.7. The molecule has 2 aromatic carbocycles. The Balaban J connectivity index is 1.59. The van der Waals surface area contributed by atoms with Gasteiger partial charge in [-0.3, -0.25) is 9.59 Å². The summed E-state index contributed by atoms with van der Waals surface area (Å²) in [5.74, 6) is 0.676. The summed E-state index contributed by atoms with van der Waals surface area (Å²) in [7, 11) is 3.41. The third kappa shape index (κ3) is 2.98. The molecule has 1 atom stereocenters. The molecule has 3 aromatic rings. The van der Waals surface area contributed by atoms with E-state index in [1.54, 1.807) is 21.5 Å². The van der Waals surface area contributed by atoms with E-state index in [1.165, 1.54) is 0 Å². The lowest BCUT2D eigenvalue weighted by atomic mass is 10.1. The molecule has 0 N–H and O–H groups in total. The monoisotopic (exact) mass is 378 g/mol. The molecule has 28 heavy (non-hydrogen) atoms. The van der Waals surface area contributed by atoms with E-state index in [-0.39, 0.29) is 24.4 Å². The third-order valence-corrected chi connectivity index (χ3v) is 5.12. The van der Waals surface area contributed by atoms with Crippen molar-refractivity contribution in [2.24, 2.45) is 7.05 Å². The van der Waals surface area contributed by atoms with Gasteiger partial charge in [0.05, 0.1) is 24.2 Å². The molecule has 2 heterocycles. The van der Waals surface area contributed by atoms with Gasteiger partial charge in [-0.1, -0.05) is 18.2 Å². The third-order valence-electron chi connectivity index (χ3n) is 5.12. The van der Waals surface area contributed by atoms with Crippen LogP contribution in [0.2, 0.25) is 0 Å². The number of anilines is 1. The average Bonchev–Trinajstić information content (AvgIpc) is 3.04. The molecular formula is C21H22N4O3. The van der Waals surface area contributed by atoms with Gasteiger partial charge in [-0.05, 0) is 31.2 Å². The number of carbonyl (C=O) groups excluding carboxylic acids is 2. The van der Waals surface area contributed by atoms with Gasteiger partial charge in [0, 0.05) is 25.3 Å². The largest absolute Gasteiger partial charge is 0.497 e. The van der Waals surface area contributed by atoms with Gasteiger partial charge in [0.25, 0.3) is 5.91 Å². The number of hydrogen-bond donors (Lipinski definition) is 0. The van der Waals surface area contributed by atoms with E-state index in [2.05, 4.69) is 4.98 Å². The Kier molecular flexibility index (Phi) is 4.50. The fourth-order valence-electron chi connectivity index (χ4n) is 3.74. The second-order valence-electron chi connectivity index (χ2n) is 6.98. The van der Waals surface area contributed by atoms with Crippen LogP contribution in [0.3, 0.4) is 0 Å². The van der Waals surface area contributed by atoms with Gasteiger partial charge in [0.15, 0.2) is 5.82 Å². The van der Waals surface area contributed by atoms with Crippen molar-refractivity contribution in [3.8, 4) is 5.75 Å². The molecule has 0 saturated carbocycles. The van der Waals surface area contributed by atoms with E-state index in [4.69, 9.17) is 4.74 Å². The van der Waals surface area contributed by atoms with Gasteiger partial charge in [0.1, 0.15) is 12.3 Å². The summed E-state index contributed by atoms with van der Waals surface area (Å²) in [6, 6.07) is 14.8. The second-order valence-corrected chi connectivity index (χ2v) is 6.98. The summed E-state index contributed by atoms with van der Waals surface area (Å²) in [6.45, 7) is 2.39. The number of amides is 2. The maximum atomic E-state index is 13.1. The minimum Gasteiger partial charge on any atom is -0.497 e. The molecule has 0 aliphatic carbocycles. The number of hydrogen-bond acceptors (Lipinski definition) is 4. The van der Waals surface area contributed by atoms with Gasteiger partial charge >= 0.3 is 0 Å². The van der Waals surface area contributed by atoms with E-state index in [1.807, 2.05) is 62.5 Å². The Labute approximate surface area is 163 Å². The molecule has 1 saturated heterocycles. The maximum absolute atomic E-state index is 13.1. The number of fused-ring (bicyclic) bond motifs is 1. The zero-order chi connectivity index (χ0) is 19.8. The van der Waals surface area contributed by atoms with Crippen LogP contribution in [0.25, 0.3) is 11.0 Å². The fraction of sp³-hybridized carbons (Fsp3) is 0.286. The molecule has 144 valence electrons. The van der Waals surface area contributed by atoms with Gasteiger partial charge in [-0.2, -0.15) is 0 Å². The molecule has 7 nitrogen and oxygen atoms in total. The molecule has 1 aliphatic heterocycles. The highest BCUT2D eigenvalue weighted by Gasteiger charge is 2.35. The molecule has 1 aromatic heterocycles. The smallest absolute Gasteiger partial charge is 0.290 e. The number of ether oxygens (including phenoxy) is 1. The first-order valence-corrected chi connectivity index (χ1v) is 9.16. The molecule has 1 unspecified atom stereocenters. The number of nitrogens with zero attached hydrogens (tertiary/aromatic N) is 4. The lowest BCUT2D eigenvalue weighted by Gasteiger charge is -2.39. The van der Waals surface area contributed by atoms with Crippen LogP contribution < -0.4 is 9.64 Å². The average molecular weight is 378 g/mol. The van der Waals surface area contributed by atoms with E-state index < -0.39 is 0 Å². The van der Waals surface area contributed by atoms with Crippen molar-refractivity contribution >= 4 is 28.5 Å². The van der Waals surface area contributed by atoms with Crippen LogP contribution in [0.5, 0.6) is 5.75 Å². The van der Waals surface area contributed by atoms with Crippen molar-refractivity contribution in [3.05, 3.63) is 54.4 Å². The van der Waals surface area contributed by atoms with E-state index in [0.29, 0.717) is 18.1 Å². The number of methoxy groups -OCH3 is 1. The lowest BCUT2D eigenvalue weighted by Crippen LogP contribution is -2.57. The zero-order valence-electron chi connectivity index (χ0n) is 16.1. The minimum absolute atomic E-state index is 0.0174. The van der Waals surface area contributed by atoms with Crippen molar-refractivity contribution in [2.75, 3.05) is 25.1 Å². The number of benzene rings is 2. The quantitative estimate of drug-likeness (QED) is 0.702. The van der Waals surface area contributed by atoms with Crippen molar-refractivity contribution < 1.29 is 14.3 Å². The van der Waals surface area contributed by atoms with Gasteiger partial charge in [-0.15, -0.1) is 0 Å². The maximum Gasteiger partial charge on any atom is 0.290 e. The number of para-hydroxylation sites is 2. The van der Waals surface area contributed by atoms with Crippen LogP contribution in [-0.4, -0.2) is 52.5 Å². The highest BCUT2D eigenvalue weighted by molar-refractivity contribution is 6.02. The topological polar surface area (TPSA) is 67.7 Å². The number of carbonyl (C=O) groups is 2. The Bertz CT molecular complexity index is 1060. The molecule has 2 amide bonds. The van der Waals surface area contributed by atoms with Crippen molar-refractivity contribution in [2.45, 2.75) is 13.0 Å². The highest BCUT2D eigenvalue weighted by Crippen LogP contribution is 2.26. The lowest BCUT2D eigenvalue weighted by molar-refractivity contribution is -0.121. The predicted molar refractivity (Wildman–Crippen MR) is 107 cm³/mol. The molecule has 4 rings (SSSR count). The van der Waals surface area contributed by atoms with Crippen LogP contribution >= 0.6 is 0 Å². The Morgan fingerprint density at radius 2 is 1.96 bits per heavy atom. The van der Waals surface area contributed by atoms with E-state index >= 15 is 0 Å². The van der Waals surface area contributed by atoms with Crippen molar-refractivity contribution in [1.82, 2.24) is 14.5 Å². The highest BCUT2D eigenvalue weighted by atomic mass is 16.5. The van der Waals surface area contributed by atoms with Gasteiger partial charge < -0.3 is 19.1 Å². The molecule has 1 aliphatic rings. The number of aryl methyl sites for hydroxylation is 1. The van der Waals surface area contributed by atoms with Crippen LogP contribution in [0, 0.1) is 0 Å². The molecular weight excluding hydrogens is 356 g/mol. The summed E-state index contributed by atoms with van der Waals surface area (Å²) in [5, 5.41) is 0. The van der Waals surface area contributed by atoms with Crippen LogP contribution in [0.1, 0.15) is 17.5 Å². The van der Waals surface area contributed by atoms with Crippen LogP contribution in [0.15, 0.2) is 48.5 Å². The predicted octanol–water partition coefficient (Wildman–Crippen LogP) is 2.46. The molecule has 0 spiro atoms. The normalized spacial score (nSPS) is 17.2. The first-order valence-electron chi connectivity index (χ1n) is 9.16. The number of piperazine rings is 1. The first kappa shape index (κ1) is 18.0. The summed E-state index contributed by atoms with van der Waals surface area (Å²) >= 11 is 0. The summed E-state index contributed by atoms with van der Waals surface area (Å²) < 4.78 is 7.04. The molecule has 0 bridgehead atoms. The molecule has 7 heteroatoms. The van der Waals surface area contributed by atoms with Crippen LogP contribution in [0.4, 0.5) is 5.69 Å². The number of imidazole rings is 1. The second kappa shape index (κ2) is 6.99. The molecule has 1 fully saturated rings. The standard InChI is InChI=1S/C21H22N4O3/c1-14-12-24(13-19(26)25(14)15-7-6-8-16(11-15)28-3)21(27)20-22-17-9-4-5-10-18(17)23(20)2/h4-11,14H,12-13H2,1-3H3. The van der Waals surface area contributed by atoms with Gasteiger partial charge in [-0.25, -0.2) is 4.98 Å². The van der Waals surface area contributed by atoms with E-state index in [9.17, 15) is 9.59 Å². The van der Waals surface area contributed by atoms with Crippen molar-refractivity contribution in [1.29, 1.82) is 0 Å². The van der Waals surface area contributed by atoms with E-state index in [0.717, 1.165) is 16.7 Å². The molecule has 0 radical (unpaired) electrons. The fourth-order valence-corrected chi connectivity index (χ4v) is 3.74. The first-order chi connectivity index (χ1) is 13.5. The number of aromatic nitrogens is 2. The summed E-state index contributed by atoms with van der Waals surface area (Å²) in [6.07, 6.45) is 0. The Morgan fingerprint density at radius 3 is 2.68 bits per heavy atom. The minimum atomic E-state index is -0.232. The van der Waals surface area contributed by atoms with Crippen molar-refractivity contribution in [3.63, 3.8) is 0 Å². The Morgan fingerprint density at radius 1 is 1.18 bits per heavy atom. The number of rotatable bonds is 3.